The van der Waals surface area contributed by atoms with Gasteiger partial charge in [0, 0.05) is 51.5 Å². The maximum absolute atomic E-state index is 11.6. The lowest BCUT2D eigenvalue weighted by atomic mass is 10.0. The standard InChI is InChI=1S/C22H34N4O7/c1-23-18-4-2-17(3-5-18)12-19-13-25(15-21(29)30)7-6-24(14-20(27)28)8-10-33-11-9-26(19)16-22(31)32/h2-5,19,23H,6-16H2,1H3,(H,27,28)(H,29,30)(H,31,32). The fraction of sp³-hybridized carbons (Fsp3) is 0.591. The number of aliphatic carboxylic acids is 3. The zero-order valence-electron chi connectivity index (χ0n) is 19.0. The topological polar surface area (TPSA) is 143 Å². The van der Waals surface area contributed by atoms with Gasteiger partial charge < -0.3 is 25.4 Å². The van der Waals surface area contributed by atoms with E-state index in [0.29, 0.717) is 52.4 Å². The first-order valence-electron chi connectivity index (χ1n) is 11.0. The molecule has 1 aliphatic heterocycles. The number of ether oxygens (including phenoxy) is 1. The molecule has 11 nitrogen and oxygen atoms in total. The highest BCUT2D eigenvalue weighted by Crippen LogP contribution is 2.15. The number of carboxylic acids is 3. The van der Waals surface area contributed by atoms with Gasteiger partial charge in [0.25, 0.3) is 0 Å². The zero-order valence-corrected chi connectivity index (χ0v) is 19.0. The minimum Gasteiger partial charge on any atom is -0.480 e. The fourth-order valence-corrected chi connectivity index (χ4v) is 3.90. The van der Waals surface area contributed by atoms with Crippen LogP contribution in [-0.2, 0) is 25.5 Å². The average Bonchev–Trinajstić information content (AvgIpc) is 2.74. The van der Waals surface area contributed by atoms with Gasteiger partial charge in [0.05, 0.1) is 32.8 Å². The van der Waals surface area contributed by atoms with E-state index in [1.807, 2.05) is 36.2 Å². The molecule has 0 aromatic heterocycles. The lowest BCUT2D eigenvalue weighted by Gasteiger charge is -2.36. The van der Waals surface area contributed by atoms with E-state index in [1.165, 1.54) is 0 Å². The molecular weight excluding hydrogens is 432 g/mol. The summed E-state index contributed by atoms with van der Waals surface area (Å²) in [5.74, 6) is -2.91. The molecule has 184 valence electrons. The molecule has 1 atom stereocenters. The second-order valence-electron chi connectivity index (χ2n) is 8.08. The predicted molar refractivity (Wildman–Crippen MR) is 122 cm³/mol. The molecule has 0 radical (unpaired) electrons. The molecule has 1 aromatic rings. The number of benzene rings is 1. The van der Waals surface area contributed by atoms with Gasteiger partial charge in [0.1, 0.15) is 0 Å². The summed E-state index contributed by atoms with van der Waals surface area (Å²) in [4.78, 5) is 39.6. The SMILES string of the molecule is CNc1ccc(CC2CN(CC(=O)O)CCN(CC(=O)O)CCOCCN2CC(=O)O)cc1. The number of carboxylic acid groups (broad SMARTS) is 3. The van der Waals surface area contributed by atoms with Crippen LogP contribution in [0.1, 0.15) is 5.56 Å². The van der Waals surface area contributed by atoms with Gasteiger partial charge in [-0.1, -0.05) is 12.1 Å². The third-order valence-corrected chi connectivity index (χ3v) is 5.56. The smallest absolute Gasteiger partial charge is 0.317 e. The lowest BCUT2D eigenvalue weighted by molar-refractivity contribution is -0.141. The summed E-state index contributed by atoms with van der Waals surface area (Å²) in [7, 11) is 1.83. The van der Waals surface area contributed by atoms with Gasteiger partial charge in [0.15, 0.2) is 0 Å². The number of hydrogen-bond donors (Lipinski definition) is 4. The summed E-state index contributed by atoms with van der Waals surface area (Å²) in [6.45, 7) is 1.85. The Morgan fingerprint density at radius 2 is 1.45 bits per heavy atom. The number of anilines is 1. The molecular formula is C22H34N4O7. The summed E-state index contributed by atoms with van der Waals surface area (Å²) in [5, 5.41) is 31.1. The first-order chi connectivity index (χ1) is 15.8. The molecule has 0 aliphatic carbocycles. The van der Waals surface area contributed by atoms with Crippen molar-refractivity contribution in [1.82, 2.24) is 14.7 Å². The quantitative estimate of drug-likeness (QED) is 0.385. The zero-order chi connectivity index (χ0) is 24.2. The number of rotatable bonds is 9. The maximum atomic E-state index is 11.6. The van der Waals surface area contributed by atoms with Crippen LogP contribution in [0.15, 0.2) is 24.3 Å². The van der Waals surface area contributed by atoms with Crippen molar-refractivity contribution in [3.05, 3.63) is 29.8 Å². The molecule has 0 spiro atoms. The van der Waals surface area contributed by atoms with Gasteiger partial charge in [0.2, 0.25) is 0 Å². The molecule has 1 aromatic carbocycles. The van der Waals surface area contributed by atoms with Crippen molar-refractivity contribution in [2.75, 3.05) is 77.9 Å². The van der Waals surface area contributed by atoms with Crippen LogP contribution >= 0.6 is 0 Å². The molecule has 2 rings (SSSR count). The Balaban J connectivity index is 2.27. The van der Waals surface area contributed by atoms with Crippen LogP contribution in [0.2, 0.25) is 0 Å². The molecule has 11 heteroatoms. The van der Waals surface area contributed by atoms with Crippen LogP contribution in [0, 0.1) is 0 Å². The van der Waals surface area contributed by atoms with E-state index in [2.05, 4.69) is 5.32 Å². The van der Waals surface area contributed by atoms with Crippen LogP contribution in [-0.4, -0.2) is 127 Å². The number of nitrogens with one attached hydrogen (secondary N) is 1. The third kappa shape index (κ3) is 10.2. The summed E-state index contributed by atoms with van der Waals surface area (Å²) >= 11 is 0. The van der Waals surface area contributed by atoms with Crippen LogP contribution in [0.5, 0.6) is 0 Å². The van der Waals surface area contributed by atoms with Crippen molar-refractivity contribution in [3.63, 3.8) is 0 Å². The fourth-order valence-electron chi connectivity index (χ4n) is 3.90. The minimum absolute atomic E-state index is 0.156. The van der Waals surface area contributed by atoms with Crippen molar-refractivity contribution in [3.8, 4) is 0 Å². The van der Waals surface area contributed by atoms with Gasteiger partial charge in [-0.3, -0.25) is 29.1 Å². The Bertz CT molecular complexity index is 775. The van der Waals surface area contributed by atoms with E-state index in [-0.39, 0.29) is 25.7 Å². The molecule has 4 N–H and O–H groups in total. The first kappa shape index (κ1) is 26.5. The summed E-state index contributed by atoms with van der Waals surface area (Å²) in [5.41, 5.74) is 1.96. The highest BCUT2D eigenvalue weighted by Gasteiger charge is 2.26. The van der Waals surface area contributed by atoms with Crippen LogP contribution < -0.4 is 5.32 Å². The van der Waals surface area contributed by atoms with Crippen molar-refractivity contribution < 1.29 is 34.4 Å². The Kier molecular flexibility index (Phi) is 11.0. The number of hydrogen-bond acceptors (Lipinski definition) is 8. The summed E-state index contributed by atoms with van der Waals surface area (Å²) in [6.07, 6.45) is 0.534. The molecule has 0 bridgehead atoms. The molecule has 1 unspecified atom stereocenters. The Labute approximate surface area is 193 Å². The largest absolute Gasteiger partial charge is 0.480 e. The minimum atomic E-state index is -0.989. The number of carbonyl (C=O) groups is 3. The highest BCUT2D eigenvalue weighted by molar-refractivity contribution is 5.70. The van der Waals surface area contributed by atoms with E-state index in [4.69, 9.17) is 4.74 Å². The second kappa shape index (κ2) is 13.7. The van der Waals surface area contributed by atoms with Crippen molar-refractivity contribution in [2.24, 2.45) is 0 Å². The molecule has 1 aliphatic rings. The van der Waals surface area contributed by atoms with Crippen LogP contribution in [0.25, 0.3) is 0 Å². The summed E-state index contributed by atoms with van der Waals surface area (Å²) < 4.78 is 5.67. The maximum Gasteiger partial charge on any atom is 0.317 e. The van der Waals surface area contributed by atoms with Gasteiger partial charge in [-0.25, -0.2) is 0 Å². The van der Waals surface area contributed by atoms with Crippen molar-refractivity contribution >= 4 is 23.6 Å². The van der Waals surface area contributed by atoms with E-state index in [1.54, 1.807) is 9.80 Å². The lowest BCUT2D eigenvalue weighted by Crippen LogP contribution is -2.51. The van der Waals surface area contributed by atoms with Crippen LogP contribution in [0.4, 0.5) is 5.69 Å². The molecule has 33 heavy (non-hydrogen) atoms. The Morgan fingerprint density at radius 3 is 2.06 bits per heavy atom. The monoisotopic (exact) mass is 466 g/mol. The molecule has 1 saturated heterocycles. The normalized spacial score (nSPS) is 19.8. The Hall–Kier alpha value is -2.73. The summed E-state index contributed by atoms with van der Waals surface area (Å²) in [6, 6.07) is 7.54. The molecule has 0 saturated carbocycles. The third-order valence-electron chi connectivity index (χ3n) is 5.56. The first-order valence-corrected chi connectivity index (χ1v) is 11.0. The van der Waals surface area contributed by atoms with E-state index >= 15 is 0 Å². The van der Waals surface area contributed by atoms with E-state index < -0.39 is 17.9 Å². The van der Waals surface area contributed by atoms with Crippen LogP contribution in [0.3, 0.4) is 0 Å². The predicted octanol–water partition coefficient (Wildman–Crippen LogP) is -0.171. The Morgan fingerprint density at radius 1 is 0.879 bits per heavy atom. The van der Waals surface area contributed by atoms with Gasteiger partial charge in [-0.05, 0) is 24.1 Å². The van der Waals surface area contributed by atoms with Gasteiger partial charge in [-0.2, -0.15) is 0 Å². The van der Waals surface area contributed by atoms with Gasteiger partial charge >= 0.3 is 17.9 Å². The molecule has 0 amide bonds. The second-order valence-corrected chi connectivity index (χ2v) is 8.08. The van der Waals surface area contributed by atoms with Gasteiger partial charge in [-0.15, -0.1) is 0 Å². The van der Waals surface area contributed by atoms with E-state index in [0.717, 1.165) is 11.3 Å². The van der Waals surface area contributed by atoms with E-state index in [9.17, 15) is 29.7 Å². The molecule has 1 fully saturated rings. The number of nitrogens with zero attached hydrogens (tertiary/aromatic N) is 3. The van der Waals surface area contributed by atoms with Crippen molar-refractivity contribution in [2.45, 2.75) is 12.5 Å². The highest BCUT2D eigenvalue weighted by atomic mass is 16.5. The average molecular weight is 467 g/mol. The molecule has 1 heterocycles. The van der Waals surface area contributed by atoms with Crippen molar-refractivity contribution in [1.29, 1.82) is 0 Å².